The monoisotopic (exact) mass is 436 g/mol. The molecule has 0 aliphatic carbocycles. The highest BCUT2D eigenvalue weighted by atomic mass is 16.5. The highest BCUT2D eigenvalue weighted by Crippen LogP contribution is 2.36. The minimum atomic E-state index is -1.11. The lowest BCUT2D eigenvalue weighted by Crippen LogP contribution is -2.35. The Morgan fingerprint density at radius 1 is 1.25 bits per heavy atom. The fourth-order valence-corrected chi connectivity index (χ4v) is 3.18. The van der Waals surface area contributed by atoms with E-state index in [-0.39, 0.29) is 11.3 Å². The first kappa shape index (κ1) is 22.6. The van der Waals surface area contributed by atoms with Gasteiger partial charge in [0.25, 0.3) is 11.8 Å². The Balaban J connectivity index is 2.02. The van der Waals surface area contributed by atoms with E-state index in [1.165, 1.54) is 18.0 Å². The molecule has 2 N–H and O–H groups in total. The Hall–Kier alpha value is -4.07. The summed E-state index contributed by atoms with van der Waals surface area (Å²) >= 11 is 0. The molecule has 0 aromatic heterocycles. The Labute approximate surface area is 185 Å². The molecule has 8 heteroatoms. The van der Waals surface area contributed by atoms with Gasteiger partial charge in [0.1, 0.15) is 5.57 Å². The van der Waals surface area contributed by atoms with Crippen LogP contribution in [0.1, 0.15) is 25.0 Å². The number of para-hydroxylation sites is 1. The Morgan fingerprint density at radius 2 is 1.97 bits per heavy atom. The molecule has 0 radical (unpaired) electrons. The number of amides is 2. The summed E-state index contributed by atoms with van der Waals surface area (Å²) in [5.41, 5.74) is 4.23. The van der Waals surface area contributed by atoms with Crippen molar-refractivity contribution in [3.63, 3.8) is 0 Å². The summed E-state index contributed by atoms with van der Waals surface area (Å²) in [5.74, 6) is -1.52. The van der Waals surface area contributed by atoms with E-state index in [4.69, 9.17) is 9.47 Å². The second-order valence-corrected chi connectivity index (χ2v) is 7.01. The molecule has 2 aromatic rings. The molecule has 32 heavy (non-hydrogen) atoms. The van der Waals surface area contributed by atoms with Gasteiger partial charge in [-0.3, -0.25) is 15.0 Å². The number of hydrogen-bond acceptors (Lipinski definition) is 5. The number of anilines is 1. The first-order chi connectivity index (χ1) is 15.3. The van der Waals surface area contributed by atoms with Gasteiger partial charge < -0.3 is 14.6 Å². The Kier molecular flexibility index (Phi) is 6.94. The van der Waals surface area contributed by atoms with Crippen LogP contribution in [0, 0.1) is 0 Å². The summed E-state index contributed by atoms with van der Waals surface area (Å²) in [4.78, 5) is 36.6. The van der Waals surface area contributed by atoms with E-state index < -0.39 is 23.9 Å². The summed E-state index contributed by atoms with van der Waals surface area (Å²) in [6, 6.07) is 12.1. The molecule has 2 aromatic carbocycles. The molecular weight excluding hydrogens is 412 g/mol. The van der Waals surface area contributed by atoms with E-state index in [0.717, 1.165) is 0 Å². The van der Waals surface area contributed by atoms with Gasteiger partial charge >= 0.3 is 5.97 Å². The standard InChI is InChI=1S/C24H24N2O6/c1-4-9-17-12-16(14-20(31-5-2)21(17)32-15(3)24(29)30)13-19-22(27)25-26(23(19)28)18-10-7-6-8-11-18/h4,6-8,10-15H,1,5,9H2,2-3H3,(H,25,27)(H,29,30)/b19-13-/t15-/m1/s1. The van der Waals surface area contributed by atoms with Crippen molar-refractivity contribution >= 4 is 29.5 Å². The van der Waals surface area contributed by atoms with E-state index in [9.17, 15) is 19.5 Å². The predicted molar refractivity (Wildman–Crippen MR) is 119 cm³/mol. The summed E-state index contributed by atoms with van der Waals surface area (Å²) in [5, 5.41) is 10.4. The zero-order chi connectivity index (χ0) is 23.3. The number of rotatable bonds is 9. The second-order valence-electron chi connectivity index (χ2n) is 7.01. The van der Waals surface area contributed by atoms with Crippen molar-refractivity contribution in [2.45, 2.75) is 26.4 Å². The first-order valence-electron chi connectivity index (χ1n) is 10.1. The quantitative estimate of drug-likeness (QED) is 0.356. The predicted octanol–water partition coefficient (Wildman–Crippen LogP) is 3.13. The fourth-order valence-electron chi connectivity index (χ4n) is 3.18. The number of ether oxygens (including phenoxy) is 2. The molecule has 3 rings (SSSR count). The number of allylic oxidation sites excluding steroid dienone is 1. The maximum atomic E-state index is 12.9. The Bertz CT molecular complexity index is 1080. The molecule has 0 spiro atoms. The Morgan fingerprint density at radius 3 is 2.59 bits per heavy atom. The number of benzene rings is 2. The average Bonchev–Trinajstić information content (AvgIpc) is 3.05. The van der Waals surface area contributed by atoms with Gasteiger partial charge in [-0.1, -0.05) is 24.3 Å². The molecule has 166 valence electrons. The number of carboxylic acid groups (broad SMARTS) is 1. The molecule has 1 heterocycles. The number of carbonyl (C=O) groups excluding carboxylic acids is 2. The first-order valence-corrected chi connectivity index (χ1v) is 10.1. The van der Waals surface area contributed by atoms with Crippen LogP contribution in [0.15, 0.2) is 60.7 Å². The van der Waals surface area contributed by atoms with E-state index in [2.05, 4.69) is 12.0 Å². The topological polar surface area (TPSA) is 105 Å². The van der Waals surface area contributed by atoms with Crippen LogP contribution in [-0.2, 0) is 20.8 Å². The third-order valence-electron chi connectivity index (χ3n) is 4.68. The van der Waals surface area contributed by atoms with Gasteiger partial charge in [0.05, 0.1) is 12.3 Å². The number of carbonyl (C=O) groups is 3. The van der Waals surface area contributed by atoms with Crippen LogP contribution in [0.2, 0.25) is 0 Å². The summed E-state index contributed by atoms with van der Waals surface area (Å²) in [6.07, 6.45) is 2.39. The maximum Gasteiger partial charge on any atom is 0.344 e. The highest BCUT2D eigenvalue weighted by Gasteiger charge is 2.34. The zero-order valence-electron chi connectivity index (χ0n) is 17.8. The van der Waals surface area contributed by atoms with Crippen molar-refractivity contribution in [2.75, 3.05) is 11.6 Å². The number of carboxylic acids is 1. The van der Waals surface area contributed by atoms with Gasteiger partial charge in [-0.2, -0.15) is 0 Å². The van der Waals surface area contributed by atoms with Crippen LogP contribution in [0.3, 0.4) is 0 Å². The van der Waals surface area contributed by atoms with Gasteiger partial charge in [0.2, 0.25) is 0 Å². The fraction of sp³-hybridized carbons (Fsp3) is 0.208. The smallest absolute Gasteiger partial charge is 0.344 e. The van der Waals surface area contributed by atoms with Crippen molar-refractivity contribution in [1.29, 1.82) is 0 Å². The molecule has 2 amide bonds. The van der Waals surface area contributed by atoms with E-state index >= 15 is 0 Å². The molecule has 0 bridgehead atoms. The summed E-state index contributed by atoms with van der Waals surface area (Å²) in [7, 11) is 0. The van der Waals surface area contributed by atoms with E-state index in [1.807, 2.05) is 6.07 Å². The van der Waals surface area contributed by atoms with Crippen LogP contribution in [0.4, 0.5) is 5.69 Å². The van der Waals surface area contributed by atoms with Crippen molar-refractivity contribution in [2.24, 2.45) is 0 Å². The lowest BCUT2D eigenvalue weighted by atomic mass is 10.0. The van der Waals surface area contributed by atoms with Gasteiger partial charge in [0, 0.05) is 5.56 Å². The number of hydrogen-bond donors (Lipinski definition) is 2. The SMILES string of the molecule is C=CCc1cc(/C=C2/C(=O)NN(c3ccccc3)C2=O)cc(OCC)c1O[C@H](C)C(=O)O. The van der Waals surface area contributed by atoms with Crippen molar-refractivity contribution in [1.82, 2.24) is 5.43 Å². The maximum absolute atomic E-state index is 12.9. The normalized spacial score (nSPS) is 15.4. The summed E-state index contributed by atoms with van der Waals surface area (Å²) in [6.45, 7) is 7.25. The minimum Gasteiger partial charge on any atom is -0.490 e. The van der Waals surface area contributed by atoms with E-state index in [0.29, 0.717) is 35.6 Å². The molecule has 1 aliphatic heterocycles. The number of nitrogens with one attached hydrogen (secondary N) is 1. The molecule has 0 saturated carbocycles. The van der Waals surface area contributed by atoms with Crippen molar-refractivity contribution < 1.29 is 29.0 Å². The molecular formula is C24H24N2O6. The van der Waals surface area contributed by atoms with Crippen LogP contribution in [-0.4, -0.2) is 35.6 Å². The lowest BCUT2D eigenvalue weighted by Gasteiger charge is -2.19. The van der Waals surface area contributed by atoms with E-state index in [1.54, 1.807) is 49.4 Å². The minimum absolute atomic E-state index is 0.0339. The van der Waals surface area contributed by atoms with Crippen LogP contribution in [0.5, 0.6) is 11.5 Å². The van der Waals surface area contributed by atoms with Crippen molar-refractivity contribution in [3.8, 4) is 11.5 Å². The molecule has 8 nitrogen and oxygen atoms in total. The largest absolute Gasteiger partial charge is 0.490 e. The third kappa shape index (κ3) is 4.80. The highest BCUT2D eigenvalue weighted by molar-refractivity contribution is 6.31. The number of hydrazine groups is 1. The molecule has 0 unspecified atom stereocenters. The van der Waals surface area contributed by atoms with Crippen LogP contribution in [0.25, 0.3) is 6.08 Å². The average molecular weight is 436 g/mol. The molecule has 1 fully saturated rings. The van der Waals surface area contributed by atoms with Gasteiger partial charge in [0.15, 0.2) is 17.6 Å². The zero-order valence-corrected chi connectivity index (χ0v) is 17.8. The van der Waals surface area contributed by atoms with Gasteiger partial charge in [-0.05, 0) is 56.2 Å². The number of nitrogens with zero attached hydrogens (tertiary/aromatic N) is 1. The van der Waals surface area contributed by atoms with Crippen LogP contribution < -0.4 is 19.9 Å². The van der Waals surface area contributed by atoms with Gasteiger partial charge in [-0.15, -0.1) is 6.58 Å². The molecule has 1 saturated heterocycles. The van der Waals surface area contributed by atoms with Crippen molar-refractivity contribution in [3.05, 3.63) is 71.8 Å². The molecule has 1 atom stereocenters. The summed E-state index contributed by atoms with van der Waals surface area (Å²) < 4.78 is 11.3. The molecule has 1 aliphatic rings. The van der Waals surface area contributed by atoms with Gasteiger partial charge in [-0.25, -0.2) is 9.80 Å². The number of aliphatic carboxylic acids is 1. The second kappa shape index (κ2) is 9.82. The lowest BCUT2D eigenvalue weighted by molar-refractivity contribution is -0.144. The third-order valence-corrected chi connectivity index (χ3v) is 4.68. The van der Waals surface area contributed by atoms with Crippen LogP contribution >= 0.6 is 0 Å².